The van der Waals surface area contributed by atoms with Crippen molar-refractivity contribution in [2.24, 2.45) is 0 Å². The number of carboxylic acid groups (broad SMARTS) is 1. The van der Waals surface area contributed by atoms with Gasteiger partial charge < -0.3 is 9.84 Å². The minimum Gasteiger partial charge on any atom is -0.478 e. The maximum atomic E-state index is 12.0. The predicted molar refractivity (Wildman–Crippen MR) is 84.2 cm³/mol. The van der Waals surface area contributed by atoms with Gasteiger partial charge in [-0.05, 0) is 30.7 Å². The van der Waals surface area contributed by atoms with E-state index in [1.54, 1.807) is 12.1 Å². The van der Waals surface area contributed by atoms with E-state index in [2.05, 4.69) is 16.9 Å². The number of hydrogen-bond acceptors (Lipinski definition) is 5. The van der Waals surface area contributed by atoms with Crippen LogP contribution in [0.3, 0.4) is 0 Å². The Morgan fingerprint density at radius 1 is 1.04 bits per heavy atom. The first-order valence-electron chi connectivity index (χ1n) is 7.44. The summed E-state index contributed by atoms with van der Waals surface area (Å²) in [6, 6.07) is 5.93. The molecule has 0 aliphatic heterocycles. The normalized spacial score (nSPS) is 9.88. The second-order valence-corrected chi connectivity index (χ2v) is 5.01. The molecule has 6 nitrogen and oxygen atoms in total. The molecule has 0 spiro atoms. The third kappa shape index (κ3) is 5.50. The van der Waals surface area contributed by atoms with Crippen molar-refractivity contribution in [1.82, 2.24) is 9.97 Å². The number of esters is 1. The third-order valence-corrected chi connectivity index (χ3v) is 3.25. The van der Waals surface area contributed by atoms with E-state index in [9.17, 15) is 9.59 Å². The van der Waals surface area contributed by atoms with Crippen LogP contribution in [-0.2, 0) is 24.2 Å². The fraction of sp³-hybridized carbons (Fsp3) is 0.294. The number of aromatic carboxylic acids is 1. The molecule has 0 radical (unpaired) electrons. The molecule has 0 aliphatic rings. The summed E-state index contributed by atoms with van der Waals surface area (Å²) in [6.07, 6.45) is 5.79. The second-order valence-electron chi connectivity index (χ2n) is 5.01. The molecular weight excluding hydrogens is 397 g/mol. The van der Waals surface area contributed by atoms with Gasteiger partial charge in [0.15, 0.2) is 0 Å². The van der Waals surface area contributed by atoms with Crippen molar-refractivity contribution in [1.29, 1.82) is 0 Å². The maximum absolute atomic E-state index is 12.0. The molecule has 0 aliphatic carbocycles. The zero-order valence-corrected chi connectivity index (χ0v) is 15.0. The van der Waals surface area contributed by atoms with E-state index in [1.807, 2.05) is 0 Å². The Kier molecular flexibility index (Phi) is 8.20. The van der Waals surface area contributed by atoms with Gasteiger partial charge in [0.1, 0.15) is 0 Å². The number of rotatable bonds is 7. The van der Waals surface area contributed by atoms with Gasteiger partial charge in [-0.15, -0.1) is 0 Å². The number of carbonyl (C=O) groups is 2. The SMILES string of the molecule is CCCCCOC(=O)c1ccnc(-c2cc(C(=O)O)ccn2)c1.[Ru]. The van der Waals surface area contributed by atoms with Crippen molar-refractivity contribution in [3.8, 4) is 11.4 Å². The monoisotopic (exact) mass is 416 g/mol. The van der Waals surface area contributed by atoms with Gasteiger partial charge in [-0.25, -0.2) is 9.59 Å². The summed E-state index contributed by atoms with van der Waals surface area (Å²) in [6.45, 7) is 2.46. The summed E-state index contributed by atoms with van der Waals surface area (Å²) in [5.41, 5.74) is 1.31. The molecule has 2 aromatic rings. The number of hydrogen-bond donors (Lipinski definition) is 1. The number of pyridine rings is 2. The van der Waals surface area contributed by atoms with Gasteiger partial charge >= 0.3 is 11.9 Å². The third-order valence-electron chi connectivity index (χ3n) is 3.25. The standard InChI is InChI=1S/C17H18N2O4.Ru/c1-2-3-4-9-23-17(22)13-6-8-19-15(11-13)14-10-12(16(20)21)5-7-18-14;/h5-8,10-11H,2-4,9H2,1H3,(H,20,21);. The molecular formula is C17H18N2O4Ru. The average Bonchev–Trinajstić information content (AvgIpc) is 2.59. The average molecular weight is 415 g/mol. The Bertz CT molecular complexity index is 706. The van der Waals surface area contributed by atoms with Gasteiger partial charge in [0.05, 0.1) is 29.1 Å². The molecule has 0 amide bonds. The second kappa shape index (κ2) is 9.88. The van der Waals surface area contributed by atoms with E-state index < -0.39 is 11.9 Å². The summed E-state index contributed by atoms with van der Waals surface area (Å²) >= 11 is 0. The minimum absolute atomic E-state index is 0. The van der Waals surface area contributed by atoms with Gasteiger partial charge in [0.2, 0.25) is 0 Å². The number of carboxylic acids is 1. The Hall–Kier alpha value is -2.14. The van der Waals surface area contributed by atoms with Gasteiger partial charge in [0, 0.05) is 31.9 Å². The number of aromatic nitrogens is 2. The topological polar surface area (TPSA) is 89.4 Å². The molecule has 0 fully saturated rings. The molecule has 0 atom stereocenters. The summed E-state index contributed by atoms with van der Waals surface area (Å²) in [4.78, 5) is 31.3. The van der Waals surface area contributed by atoms with Crippen LogP contribution in [0.5, 0.6) is 0 Å². The number of carbonyl (C=O) groups excluding carboxylic acids is 1. The Morgan fingerprint density at radius 2 is 1.62 bits per heavy atom. The van der Waals surface area contributed by atoms with Crippen LogP contribution in [0.2, 0.25) is 0 Å². The van der Waals surface area contributed by atoms with Crippen LogP contribution < -0.4 is 0 Å². The quantitative estimate of drug-likeness (QED) is 0.424. The molecule has 1 N–H and O–H groups in total. The Labute approximate surface area is 153 Å². The maximum Gasteiger partial charge on any atom is 0.338 e. The van der Waals surface area contributed by atoms with Gasteiger partial charge in [-0.3, -0.25) is 9.97 Å². The van der Waals surface area contributed by atoms with Crippen molar-refractivity contribution in [2.45, 2.75) is 26.2 Å². The van der Waals surface area contributed by atoms with Crippen LogP contribution in [0.15, 0.2) is 36.7 Å². The van der Waals surface area contributed by atoms with Crippen LogP contribution in [0, 0.1) is 0 Å². The Morgan fingerprint density at radius 3 is 2.21 bits per heavy atom. The molecule has 2 heterocycles. The first-order chi connectivity index (χ1) is 11.1. The van der Waals surface area contributed by atoms with Crippen LogP contribution in [0.1, 0.15) is 46.9 Å². The zero-order valence-electron chi connectivity index (χ0n) is 13.2. The molecule has 24 heavy (non-hydrogen) atoms. The Balaban J connectivity index is 0.00000288. The van der Waals surface area contributed by atoms with Crippen molar-refractivity contribution < 1.29 is 38.9 Å². The fourth-order valence-electron chi connectivity index (χ4n) is 2.00. The van der Waals surface area contributed by atoms with Crippen molar-refractivity contribution in [3.63, 3.8) is 0 Å². The first kappa shape index (κ1) is 19.9. The summed E-state index contributed by atoms with van der Waals surface area (Å²) in [5, 5.41) is 9.02. The molecule has 0 bridgehead atoms. The largest absolute Gasteiger partial charge is 0.478 e. The van der Waals surface area contributed by atoms with Crippen LogP contribution in [0.4, 0.5) is 0 Å². The number of nitrogens with zero attached hydrogens (tertiary/aromatic N) is 2. The predicted octanol–water partition coefficient (Wildman–Crippen LogP) is 3.19. The summed E-state index contributed by atoms with van der Waals surface area (Å²) in [5.74, 6) is -1.46. The van der Waals surface area contributed by atoms with E-state index in [-0.39, 0.29) is 25.0 Å². The molecule has 7 heteroatoms. The summed E-state index contributed by atoms with van der Waals surface area (Å²) < 4.78 is 5.20. The minimum atomic E-state index is -1.04. The molecule has 0 unspecified atom stereocenters. The van der Waals surface area contributed by atoms with E-state index in [1.165, 1.54) is 24.5 Å². The molecule has 2 aromatic heterocycles. The van der Waals surface area contributed by atoms with E-state index in [0.29, 0.717) is 23.6 Å². The number of unbranched alkanes of at least 4 members (excludes halogenated alkanes) is 2. The molecule has 128 valence electrons. The molecule has 0 saturated heterocycles. The van der Waals surface area contributed by atoms with Gasteiger partial charge in [-0.2, -0.15) is 0 Å². The van der Waals surface area contributed by atoms with Crippen LogP contribution >= 0.6 is 0 Å². The first-order valence-corrected chi connectivity index (χ1v) is 7.44. The van der Waals surface area contributed by atoms with Crippen LogP contribution in [-0.4, -0.2) is 33.6 Å². The van der Waals surface area contributed by atoms with Gasteiger partial charge in [-0.1, -0.05) is 19.8 Å². The molecule has 0 saturated carbocycles. The number of ether oxygens (including phenoxy) is 1. The van der Waals surface area contributed by atoms with Crippen molar-refractivity contribution in [2.75, 3.05) is 6.61 Å². The van der Waals surface area contributed by atoms with Crippen molar-refractivity contribution in [3.05, 3.63) is 47.8 Å². The van der Waals surface area contributed by atoms with Gasteiger partial charge in [0.25, 0.3) is 0 Å². The fourth-order valence-corrected chi connectivity index (χ4v) is 2.00. The van der Waals surface area contributed by atoms with E-state index >= 15 is 0 Å². The smallest absolute Gasteiger partial charge is 0.338 e. The molecule has 2 rings (SSSR count). The van der Waals surface area contributed by atoms with Crippen molar-refractivity contribution >= 4 is 11.9 Å². The summed E-state index contributed by atoms with van der Waals surface area (Å²) in [7, 11) is 0. The van der Waals surface area contributed by atoms with Crippen LogP contribution in [0.25, 0.3) is 11.4 Å². The van der Waals surface area contributed by atoms with E-state index in [0.717, 1.165) is 19.3 Å². The molecule has 0 aromatic carbocycles. The van der Waals surface area contributed by atoms with E-state index in [4.69, 9.17) is 9.84 Å². The zero-order chi connectivity index (χ0) is 16.7.